The lowest BCUT2D eigenvalue weighted by atomic mass is 9.90. The first-order valence-corrected chi connectivity index (χ1v) is 8.72. The molecule has 1 heterocycles. The maximum absolute atomic E-state index is 12.6. The van der Waals surface area contributed by atoms with E-state index in [0.717, 1.165) is 12.0 Å². The third-order valence-corrected chi connectivity index (χ3v) is 4.88. The van der Waals surface area contributed by atoms with Crippen LogP contribution in [-0.2, 0) is 16.0 Å². The number of hydrogen-bond donors (Lipinski definition) is 1. The largest absolute Gasteiger partial charge is 0.335 e. The van der Waals surface area contributed by atoms with Crippen molar-refractivity contribution in [3.05, 3.63) is 64.2 Å². The van der Waals surface area contributed by atoms with Gasteiger partial charge >= 0.3 is 0 Å². The van der Waals surface area contributed by atoms with Crippen LogP contribution >= 0.6 is 11.6 Å². The topological polar surface area (TPSA) is 73.2 Å². The number of rotatable bonds is 3. The Morgan fingerprint density at radius 1 is 1.31 bits per heavy atom. The molecular formula is C20H18ClN3O2. The first-order chi connectivity index (χ1) is 12.5. The van der Waals surface area contributed by atoms with Crippen LogP contribution in [0.25, 0.3) is 0 Å². The molecular weight excluding hydrogens is 350 g/mol. The van der Waals surface area contributed by atoms with Crippen molar-refractivity contribution >= 4 is 29.1 Å². The molecule has 0 aromatic heterocycles. The van der Waals surface area contributed by atoms with Crippen molar-refractivity contribution in [3.63, 3.8) is 0 Å². The second-order valence-electron chi connectivity index (χ2n) is 6.24. The standard InChI is InChI=1S/C20H18ClN3O2/c1-13(25)24-9-8-14-4-2-3-5-17(14)19(24)11-20(26)23-16-7-6-15(12-22)18(21)10-16/h2-7,10,19H,8-9,11H2,1H3,(H,23,26). The minimum absolute atomic E-state index is 0.0429. The van der Waals surface area contributed by atoms with Gasteiger partial charge in [0.05, 0.1) is 23.0 Å². The van der Waals surface area contributed by atoms with Gasteiger partial charge in [-0.2, -0.15) is 5.26 Å². The van der Waals surface area contributed by atoms with Crippen LogP contribution in [0.3, 0.4) is 0 Å². The second-order valence-corrected chi connectivity index (χ2v) is 6.64. The van der Waals surface area contributed by atoms with Gasteiger partial charge in [0.2, 0.25) is 11.8 Å². The van der Waals surface area contributed by atoms with Gasteiger partial charge < -0.3 is 10.2 Å². The highest BCUT2D eigenvalue weighted by molar-refractivity contribution is 6.32. The molecule has 0 saturated carbocycles. The number of halogens is 1. The molecule has 1 aliphatic heterocycles. The SMILES string of the molecule is CC(=O)N1CCc2ccccc2C1CC(=O)Nc1ccc(C#N)c(Cl)c1. The van der Waals surface area contributed by atoms with E-state index in [1.165, 1.54) is 12.5 Å². The van der Waals surface area contributed by atoms with E-state index in [4.69, 9.17) is 16.9 Å². The van der Waals surface area contributed by atoms with E-state index in [9.17, 15) is 9.59 Å². The molecule has 2 aromatic rings. The molecule has 26 heavy (non-hydrogen) atoms. The Kier molecular flexibility index (Phi) is 5.24. The smallest absolute Gasteiger partial charge is 0.226 e. The number of carbonyl (C=O) groups is 2. The van der Waals surface area contributed by atoms with Crippen molar-refractivity contribution in [2.24, 2.45) is 0 Å². The Morgan fingerprint density at radius 2 is 2.08 bits per heavy atom. The van der Waals surface area contributed by atoms with Crippen molar-refractivity contribution in [3.8, 4) is 6.07 Å². The summed E-state index contributed by atoms with van der Waals surface area (Å²) in [5, 5.41) is 12.0. The predicted octanol–water partition coefficient (Wildman–Crippen LogP) is 3.69. The lowest BCUT2D eigenvalue weighted by molar-refractivity contribution is -0.132. The van der Waals surface area contributed by atoms with Crippen LogP contribution in [0.5, 0.6) is 0 Å². The van der Waals surface area contributed by atoms with Crippen LogP contribution in [0.4, 0.5) is 5.69 Å². The van der Waals surface area contributed by atoms with E-state index >= 15 is 0 Å². The quantitative estimate of drug-likeness (QED) is 0.899. The molecule has 0 aliphatic carbocycles. The van der Waals surface area contributed by atoms with Crippen LogP contribution in [0.15, 0.2) is 42.5 Å². The van der Waals surface area contributed by atoms with E-state index < -0.39 is 0 Å². The molecule has 0 fully saturated rings. The average molecular weight is 368 g/mol. The van der Waals surface area contributed by atoms with Gasteiger partial charge in [0.15, 0.2) is 0 Å². The van der Waals surface area contributed by atoms with Gasteiger partial charge in [-0.15, -0.1) is 0 Å². The number of fused-ring (bicyclic) bond motifs is 1. The summed E-state index contributed by atoms with van der Waals surface area (Å²) in [5.74, 6) is -0.252. The maximum atomic E-state index is 12.6. The number of benzene rings is 2. The molecule has 5 nitrogen and oxygen atoms in total. The number of carbonyl (C=O) groups excluding carboxylic acids is 2. The molecule has 6 heteroatoms. The first-order valence-electron chi connectivity index (χ1n) is 8.34. The molecule has 2 amide bonds. The summed E-state index contributed by atoms with van der Waals surface area (Å²) in [4.78, 5) is 26.3. The van der Waals surface area contributed by atoms with Crippen LogP contribution in [0.1, 0.15) is 36.1 Å². The van der Waals surface area contributed by atoms with Gasteiger partial charge in [0, 0.05) is 19.2 Å². The summed E-state index contributed by atoms with van der Waals surface area (Å²) in [7, 11) is 0. The van der Waals surface area contributed by atoms with Gasteiger partial charge in [-0.25, -0.2) is 0 Å². The number of anilines is 1. The van der Waals surface area contributed by atoms with Crippen molar-refractivity contribution in [1.82, 2.24) is 4.90 Å². The van der Waals surface area contributed by atoms with Crippen LogP contribution in [-0.4, -0.2) is 23.3 Å². The molecule has 0 radical (unpaired) electrons. The summed E-state index contributed by atoms with van der Waals surface area (Å²) < 4.78 is 0. The zero-order valence-electron chi connectivity index (χ0n) is 14.3. The summed E-state index contributed by atoms with van der Waals surface area (Å²) in [6.07, 6.45) is 0.952. The molecule has 0 spiro atoms. The van der Waals surface area contributed by atoms with Gasteiger partial charge in [-0.05, 0) is 35.7 Å². The Hall–Kier alpha value is -2.84. The Labute approximate surface area is 157 Å². The van der Waals surface area contributed by atoms with E-state index in [1.807, 2.05) is 30.3 Å². The summed E-state index contributed by atoms with van der Waals surface area (Å²) in [5.41, 5.74) is 3.07. The third-order valence-electron chi connectivity index (χ3n) is 4.57. The minimum Gasteiger partial charge on any atom is -0.335 e. The highest BCUT2D eigenvalue weighted by Gasteiger charge is 2.30. The molecule has 1 unspecified atom stereocenters. The zero-order chi connectivity index (χ0) is 18.7. The fourth-order valence-electron chi connectivity index (χ4n) is 3.32. The van der Waals surface area contributed by atoms with Gasteiger partial charge in [0.1, 0.15) is 6.07 Å². The van der Waals surface area contributed by atoms with Crippen LogP contribution < -0.4 is 5.32 Å². The lowest BCUT2D eigenvalue weighted by Gasteiger charge is -2.36. The molecule has 1 atom stereocenters. The number of hydrogen-bond acceptors (Lipinski definition) is 3. The molecule has 132 valence electrons. The van der Waals surface area contributed by atoms with Crippen molar-refractivity contribution in [2.75, 3.05) is 11.9 Å². The van der Waals surface area contributed by atoms with Crippen molar-refractivity contribution < 1.29 is 9.59 Å². The minimum atomic E-state index is -0.286. The monoisotopic (exact) mass is 367 g/mol. The number of nitrogens with one attached hydrogen (secondary N) is 1. The van der Waals surface area contributed by atoms with E-state index in [0.29, 0.717) is 22.8 Å². The van der Waals surface area contributed by atoms with Crippen molar-refractivity contribution in [1.29, 1.82) is 5.26 Å². The average Bonchev–Trinajstić information content (AvgIpc) is 2.62. The highest BCUT2D eigenvalue weighted by Crippen LogP contribution is 2.32. The summed E-state index contributed by atoms with van der Waals surface area (Å²) >= 11 is 6.01. The molecule has 3 rings (SSSR count). The van der Waals surface area contributed by atoms with Crippen LogP contribution in [0.2, 0.25) is 5.02 Å². The molecule has 2 aromatic carbocycles. The third kappa shape index (κ3) is 3.71. The van der Waals surface area contributed by atoms with E-state index in [2.05, 4.69) is 5.32 Å². The van der Waals surface area contributed by atoms with Gasteiger partial charge in [0.25, 0.3) is 0 Å². The molecule has 1 N–H and O–H groups in total. The number of nitrogens with zero attached hydrogens (tertiary/aromatic N) is 2. The van der Waals surface area contributed by atoms with Crippen molar-refractivity contribution in [2.45, 2.75) is 25.8 Å². The Bertz CT molecular complexity index is 904. The van der Waals surface area contributed by atoms with E-state index in [-0.39, 0.29) is 24.3 Å². The molecule has 0 saturated heterocycles. The first kappa shape index (κ1) is 18.0. The number of nitriles is 1. The molecule has 0 bridgehead atoms. The lowest BCUT2D eigenvalue weighted by Crippen LogP contribution is -2.40. The highest BCUT2D eigenvalue weighted by atomic mass is 35.5. The van der Waals surface area contributed by atoms with Gasteiger partial charge in [-0.3, -0.25) is 9.59 Å². The Balaban J connectivity index is 1.79. The normalized spacial score (nSPS) is 15.7. The maximum Gasteiger partial charge on any atom is 0.226 e. The fourth-order valence-corrected chi connectivity index (χ4v) is 3.54. The van der Waals surface area contributed by atoms with E-state index in [1.54, 1.807) is 23.1 Å². The van der Waals surface area contributed by atoms with Crippen LogP contribution in [0, 0.1) is 11.3 Å². The number of amides is 2. The fraction of sp³-hybridized carbons (Fsp3) is 0.250. The summed E-state index contributed by atoms with van der Waals surface area (Å²) in [6, 6.07) is 14.4. The van der Waals surface area contributed by atoms with Gasteiger partial charge in [-0.1, -0.05) is 35.9 Å². The summed E-state index contributed by atoms with van der Waals surface area (Å²) in [6.45, 7) is 2.13. The molecule has 1 aliphatic rings. The Morgan fingerprint density at radius 3 is 2.77 bits per heavy atom. The zero-order valence-corrected chi connectivity index (χ0v) is 15.1. The second kappa shape index (κ2) is 7.59. The predicted molar refractivity (Wildman–Crippen MR) is 99.7 cm³/mol.